The Balaban J connectivity index is 4.37. The average Bonchev–Trinajstić information content (AvgIpc) is 3.40. The molecule has 1 unspecified atom stereocenters. The maximum atomic E-state index is 12.9. The number of rotatable bonds is 54. The van der Waals surface area contributed by atoms with Crippen LogP contribution in [0, 0.1) is 0 Å². The number of ether oxygens (including phenoxy) is 3. The van der Waals surface area contributed by atoms with Crippen LogP contribution in [-0.4, -0.2) is 37.2 Å². The minimum absolute atomic E-state index is 0.105. The van der Waals surface area contributed by atoms with Crippen LogP contribution in [0.5, 0.6) is 0 Å². The molecular weight excluding hydrogens is 913 g/mol. The van der Waals surface area contributed by atoms with Crippen molar-refractivity contribution in [2.45, 2.75) is 277 Å². The highest BCUT2D eigenvalue weighted by Gasteiger charge is 2.19. The minimum atomic E-state index is -0.812. The molecule has 0 amide bonds. The van der Waals surface area contributed by atoms with E-state index in [-0.39, 0.29) is 37.5 Å². The van der Waals surface area contributed by atoms with Crippen LogP contribution in [0.4, 0.5) is 0 Å². The monoisotopic (exact) mass is 1020 g/mol. The van der Waals surface area contributed by atoms with Crippen LogP contribution in [0.3, 0.4) is 0 Å². The van der Waals surface area contributed by atoms with Crippen LogP contribution in [0.25, 0.3) is 0 Å². The van der Waals surface area contributed by atoms with Crippen molar-refractivity contribution in [2.75, 3.05) is 13.2 Å². The van der Waals surface area contributed by atoms with E-state index in [1.54, 1.807) is 0 Å². The molecule has 0 bridgehead atoms. The molecule has 0 saturated heterocycles. The van der Waals surface area contributed by atoms with Gasteiger partial charge in [0.15, 0.2) is 6.10 Å². The van der Waals surface area contributed by atoms with Gasteiger partial charge in [-0.05, 0) is 96.3 Å². The molecule has 1 atom stereocenters. The predicted octanol–water partition coefficient (Wildman–Crippen LogP) is 20.8. The molecule has 0 N–H and O–H groups in total. The molecule has 6 heteroatoms. The fraction of sp³-hybridized carbons (Fsp3) is 0.662. The summed E-state index contributed by atoms with van der Waals surface area (Å²) in [7, 11) is 0. The molecule has 0 aliphatic heterocycles. The largest absolute Gasteiger partial charge is 0.462 e. The summed E-state index contributed by atoms with van der Waals surface area (Å²) in [5.74, 6) is -0.993. The topological polar surface area (TPSA) is 78.9 Å². The van der Waals surface area contributed by atoms with E-state index in [1.807, 2.05) is 6.08 Å². The first kappa shape index (κ1) is 69.8. The Morgan fingerprint density at radius 3 is 0.905 bits per heavy atom. The third-order valence-electron chi connectivity index (χ3n) is 12.7. The van der Waals surface area contributed by atoms with Gasteiger partial charge >= 0.3 is 17.9 Å². The lowest BCUT2D eigenvalue weighted by Gasteiger charge is -2.18. The van der Waals surface area contributed by atoms with E-state index in [9.17, 15) is 14.4 Å². The average molecular weight is 1030 g/mol. The van der Waals surface area contributed by atoms with Crippen molar-refractivity contribution in [3.8, 4) is 0 Å². The van der Waals surface area contributed by atoms with Crippen molar-refractivity contribution in [3.05, 3.63) is 122 Å². The van der Waals surface area contributed by atoms with Crippen LogP contribution >= 0.6 is 0 Å². The second-order valence-corrected chi connectivity index (χ2v) is 19.9. The Bertz CT molecular complexity index is 1550. The predicted molar refractivity (Wildman–Crippen MR) is 320 cm³/mol. The van der Waals surface area contributed by atoms with E-state index in [0.29, 0.717) is 19.3 Å². The van der Waals surface area contributed by atoms with Gasteiger partial charge in [0, 0.05) is 19.3 Å². The van der Waals surface area contributed by atoms with E-state index in [2.05, 4.69) is 136 Å². The van der Waals surface area contributed by atoms with E-state index >= 15 is 0 Å². The molecule has 0 radical (unpaired) electrons. The van der Waals surface area contributed by atoms with E-state index in [4.69, 9.17) is 14.2 Å². The van der Waals surface area contributed by atoms with Gasteiger partial charge in [-0.1, -0.05) is 277 Å². The molecule has 0 aliphatic carbocycles. The van der Waals surface area contributed by atoms with Crippen LogP contribution in [0.15, 0.2) is 122 Å². The maximum absolute atomic E-state index is 12.9. The normalized spacial score (nSPS) is 13.0. The summed E-state index contributed by atoms with van der Waals surface area (Å²) in [6, 6.07) is 0. The van der Waals surface area contributed by atoms with Crippen molar-refractivity contribution >= 4 is 17.9 Å². The summed E-state index contributed by atoms with van der Waals surface area (Å²) in [5, 5.41) is 0. The summed E-state index contributed by atoms with van der Waals surface area (Å²) >= 11 is 0. The summed E-state index contributed by atoms with van der Waals surface area (Å²) < 4.78 is 16.8. The van der Waals surface area contributed by atoms with Gasteiger partial charge in [0.25, 0.3) is 0 Å². The lowest BCUT2D eigenvalue weighted by atomic mass is 10.0. The third-order valence-corrected chi connectivity index (χ3v) is 12.7. The number of hydrogen-bond acceptors (Lipinski definition) is 6. The lowest BCUT2D eigenvalue weighted by molar-refractivity contribution is -0.166. The maximum Gasteiger partial charge on any atom is 0.306 e. The third kappa shape index (κ3) is 58.7. The Labute approximate surface area is 456 Å². The minimum Gasteiger partial charge on any atom is -0.462 e. The molecule has 0 fully saturated rings. The number of carbonyl (C=O) groups is 3. The standard InChI is InChI=1S/C68H112O6/c1-4-7-10-13-16-19-22-25-27-29-30-31-32-33-34-35-36-37-38-39-41-43-46-49-52-55-58-61-67(70)73-64-65(63-72-66(69)60-57-54-51-48-45-42-24-21-18-15-12-9-6-3)74-68(71)62-59-56-53-50-47-44-40-28-26-23-20-17-14-11-8-5-2/h7,9-10,12,16,18-19,21,25,27,30-31,33-34,36-37,42,45,51,54,65H,4-6,8,11,13-15,17,20,22-24,26,28-29,32,35,38-41,43-44,46-50,52-53,55-64H2,1-3H3/b10-7-,12-9-,19-16-,21-18-,27-25-,31-30-,34-33-,37-36-,45-42-,54-51-. The number of allylic oxidation sites excluding steroid dienone is 20. The molecular formula is C68H112O6. The van der Waals surface area contributed by atoms with Gasteiger partial charge in [0.1, 0.15) is 13.2 Å². The summed E-state index contributed by atoms with van der Waals surface area (Å²) in [6.07, 6.45) is 85.0. The van der Waals surface area contributed by atoms with Crippen molar-refractivity contribution in [3.63, 3.8) is 0 Å². The number of esters is 3. The molecule has 0 aliphatic rings. The fourth-order valence-electron chi connectivity index (χ4n) is 8.23. The molecule has 0 aromatic heterocycles. The molecule has 0 aromatic carbocycles. The highest BCUT2D eigenvalue weighted by Crippen LogP contribution is 2.16. The van der Waals surface area contributed by atoms with E-state index in [1.165, 1.54) is 116 Å². The van der Waals surface area contributed by atoms with Crippen molar-refractivity contribution < 1.29 is 28.6 Å². The first-order valence-electron chi connectivity index (χ1n) is 30.5. The van der Waals surface area contributed by atoms with Gasteiger partial charge in [-0.3, -0.25) is 14.4 Å². The zero-order valence-electron chi connectivity index (χ0n) is 48.1. The molecule has 74 heavy (non-hydrogen) atoms. The molecule has 0 spiro atoms. The number of unbranched alkanes of at least 4 members (excludes halogenated alkanes) is 23. The first-order chi connectivity index (χ1) is 36.5. The SMILES string of the molecule is CC/C=C\C/C=C\C/C=C\C/C=C\C/C=C\C/C=C\CCCCCCCCCCC(=O)OCC(COC(=O)CC/C=C\C/C=C\C/C=C\C/C=C\CC)OC(=O)CCCCCCCCCCCCCCCCCC. The highest BCUT2D eigenvalue weighted by molar-refractivity contribution is 5.71. The molecule has 0 rings (SSSR count). The molecule has 6 nitrogen and oxygen atoms in total. The zero-order valence-corrected chi connectivity index (χ0v) is 48.1. The molecule has 0 heterocycles. The van der Waals surface area contributed by atoms with Gasteiger partial charge in [0.05, 0.1) is 0 Å². The Morgan fingerprint density at radius 1 is 0.284 bits per heavy atom. The van der Waals surface area contributed by atoms with E-state index < -0.39 is 6.10 Å². The summed E-state index contributed by atoms with van der Waals surface area (Å²) in [4.78, 5) is 38.2. The van der Waals surface area contributed by atoms with Crippen LogP contribution in [0.1, 0.15) is 271 Å². The van der Waals surface area contributed by atoms with Crippen molar-refractivity contribution in [2.24, 2.45) is 0 Å². The zero-order chi connectivity index (χ0) is 53.6. The Hall–Kier alpha value is -4.19. The second kappa shape index (κ2) is 61.4. The van der Waals surface area contributed by atoms with Crippen LogP contribution in [0.2, 0.25) is 0 Å². The van der Waals surface area contributed by atoms with Gasteiger partial charge < -0.3 is 14.2 Å². The Kier molecular flexibility index (Phi) is 57.9. The molecule has 0 aromatic rings. The summed E-state index contributed by atoms with van der Waals surface area (Å²) in [5.41, 5.74) is 0. The second-order valence-electron chi connectivity index (χ2n) is 19.9. The highest BCUT2D eigenvalue weighted by atomic mass is 16.6. The number of carbonyl (C=O) groups excluding carboxylic acids is 3. The van der Waals surface area contributed by atoms with Gasteiger partial charge in [-0.2, -0.15) is 0 Å². The smallest absolute Gasteiger partial charge is 0.306 e. The molecule has 420 valence electrons. The van der Waals surface area contributed by atoms with E-state index in [0.717, 1.165) is 109 Å². The molecule has 0 saturated carbocycles. The van der Waals surface area contributed by atoms with Gasteiger partial charge in [-0.25, -0.2) is 0 Å². The van der Waals surface area contributed by atoms with Crippen LogP contribution < -0.4 is 0 Å². The Morgan fingerprint density at radius 2 is 0.554 bits per heavy atom. The summed E-state index contributed by atoms with van der Waals surface area (Å²) in [6.45, 7) is 6.35. The van der Waals surface area contributed by atoms with Crippen LogP contribution in [-0.2, 0) is 28.6 Å². The fourth-order valence-corrected chi connectivity index (χ4v) is 8.23. The van der Waals surface area contributed by atoms with Gasteiger partial charge in [-0.15, -0.1) is 0 Å². The quantitative estimate of drug-likeness (QED) is 0.0261. The first-order valence-corrected chi connectivity index (χ1v) is 30.5. The van der Waals surface area contributed by atoms with Crippen molar-refractivity contribution in [1.82, 2.24) is 0 Å². The lowest BCUT2D eigenvalue weighted by Crippen LogP contribution is -2.30. The van der Waals surface area contributed by atoms with Crippen molar-refractivity contribution in [1.29, 1.82) is 0 Å². The number of hydrogen-bond donors (Lipinski definition) is 0. The van der Waals surface area contributed by atoms with Gasteiger partial charge in [0.2, 0.25) is 0 Å².